The van der Waals surface area contributed by atoms with Gasteiger partial charge in [0.15, 0.2) is 23.6 Å². The predicted molar refractivity (Wildman–Crippen MR) is 99.6 cm³/mol. The van der Waals surface area contributed by atoms with E-state index in [-0.39, 0.29) is 11.2 Å². The summed E-state index contributed by atoms with van der Waals surface area (Å²) in [6.45, 7) is 0. The van der Waals surface area contributed by atoms with E-state index >= 15 is 0 Å². The van der Waals surface area contributed by atoms with Crippen LogP contribution in [-0.2, 0) is 0 Å². The smallest absolute Gasteiger partial charge is 0.323 e. The monoisotopic (exact) mass is 369 g/mol. The van der Waals surface area contributed by atoms with Crippen molar-refractivity contribution in [1.29, 1.82) is 0 Å². The van der Waals surface area contributed by atoms with Gasteiger partial charge in [-0.1, -0.05) is 0 Å². The van der Waals surface area contributed by atoms with Crippen LogP contribution in [0.1, 0.15) is 77.0 Å². The molecule has 8 aliphatic carbocycles. The minimum absolute atomic E-state index is 0.103. The van der Waals surface area contributed by atoms with Gasteiger partial charge in [0.1, 0.15) is 0 Å². The Morgan fingerprint density at radius 3 is 1.59 bits per heavy atom. The van der Waals surface area contributed by atoms with E-state index in [9.17, 15) is 0 Å². The van der Waals surface area contributed by atoms with E-state index < -0.39 is 0 Å². The number of imidazole rings is 1. The van der Waals surface area contributed by atoms with E-state index in [0.29, 0.717) is 0 Å². The highest BCUT2D eigenvalue weighted by molar-refractivity contribution is 5.04. The summed E-state index contributed by atoms with van der Waals surface area (Å²) in [6.07, 6.45) is 22.6. The Morgan fingerprint density at radius 1 is 0.667 bits per heavy atom. The summed E-state index contributed by atoms with van der Waals surface area (Å²) in [5.74, 6) is 5.51. The van der Waals surface area contributed by atoms with Gasteiger partial charge in [-0.15, -0.1) is 0 Å². The first-order valence-corrected chi connectivity index (χ1v) is 11.6. The fraction of sp³-hybridized carbons (Fsp3) is 0.870. The molecule has 1 heterocycles. The van der Waals surface area contributed by atoms with Crippen LogP contribution in [0.5, 0.6) is 0 Å². The third-order valence-corrected chi connectivity index (χ3v) is 9.15. The number of hydrogen-bond acceptors (Lipinski definition) is 2. The van der Waals surface area contributed by atoms with Crippen LogP contribution in [0.25, 0.3) is 0 Å². The second kappa shape index (κ2) is 5.24. The molecule has 8 saturated carbocycles. The van der Waals surface area contributed by atoms with Gasteiger partial charge in [0.05, 0.1) is 0 Å². The molecule has 0 spiro atoms. The molecule has 9 rings (SSSR count). The largest absolute Gasteiger partial charge is 0.329 e. The van der Waals surface area contributed by atoms with Gasteiger partial charge in [0.2, 0.25) is 0 Å². The molecule has 4 nitrogen and oxygen atoms in total. The lowest BCUT2D eigenvalue weighted by Crippen LogP contribution is -2.62. The van der Waals surface area contributed by atoms with Crippen LogP contribution >= 0.6 is 0 Å². The van der Waals surface area contributed by atoms with Gasteiger partial charge in [-0.3, -0.25) is 0 Å². The molecule has 146 valence electrons. The molecule has 27 heavy (non-hydrogen) atoms. The minimum atomic E-state index is 0.103. The van der Waals surface area contributed by atoms with Crippen LogP contribution in [-0.4, -0.2) is 15.9 Å². The summed E-state index contributed by atoms with van der Waals surface area (Å²) in [4.78, 5) is 13.3. The highest BCUT2D eigenvalue weighted by atomic mass is 16.7. The zero-order chi connectivity index (χ0) is 17.6. The van der Waals surface area contributed by atoms with E-state index in [2.05, 4.69) is 18.7 Å². The van der Waals surface area contributed by atoms with Crippen molar-refractivity contribution < 1.29 is 14.4 Å². The predicted octanol–water partition coefficient (Wildman–Crippen LogP) is 3.57. The number of hydrogen-bond donors (Lipinski definition) is 0. The Balaban J connectivity index is 1.09. The first-order chi connectivity index (χ1) is 13.1. The quantitative estimate of drug-likeness (QED) is 0.759. The summed E-state index contributed by atoms with van der Waals surface area (Å²) in [6, 6.07) is 0. The van der Waals surface area contributed by atoms with Crippen LogP contribution in [0, 0.1) is 35.5 Å². The SMILES string of the molecule is c1c[n+](OC23CC4CC(CC(C4)C2)C3)cn1OC12CC3CC(CC(C3)C1)C2. The Morgan fingerprint density at radius 2 is 1.11 bits per heavy atom. The number of nitrogens with zero attached hydrogens (tertiary/aromatic N) is 2. The molecule has 8 aliphatic rings. The standard InChI is InChI=1S/C23H33N2O2/c1-2-25(27-23-12-19-6-20(13-23)8-21(7-19)14-23)15-24(1)26-22-9-16-3-17(10-22)5-18(4-16)11-22/h1-2,15-21H,3-14H2/q+1. The molecule has 1 aromatic heterocycles. The summed E-state index contributed by atoms with van der Waals surface area (Å²) in [5.41, 5.74) is 0.207. The fourth-order valence-corrected chi connectivity index (χ4v) is 9.16. The van der Waals surface area contributed by atoms with Crippen molar-refractivity contribution >= 4 is 0 Å². The first-order valence-electron chi connectivity index (χ1n) is 11.6. The van der Waals surface area contributed by atoms with Gasteiger partial charge in [0.25, 0.3) is 0 Å². The molecule has 8 bridgehead atoms. The Kier molecular flexibility index (Phi) is 3.05. The molecule has 0 amide bonds. The van der Waals surface area contributed by atoms with E-state index in [1.807, 2.05) is 9.46 Å². The zero-order valence-electron chi connectivity index (χ0n) is 16.4. The molecule has 1 aromatic rings. The van der Waals surface area contributed by atoms with Crippen molar-refractivity contribution in [2.24, 2.45) is 35.5 Å². The Labute approximate surface area is 162 Å². The van der Waals surface area contributed by atoms with Crippen molar-refractivity contribution in [1.82, 2.24) is 4.73 Å². The average molecular weight is 370 g/mol. The molecule has 0 N–H and O–H groups in total. The normalized spacial score (nSPS) is 51.7. The third-order valence-electron chi connectivity index (χ3n) is 9.15. The van der Waals surface area contributed by atoms with Gasteiger partial charge < -0.3 is 9.68 Å². The van der Waals surface area contributed by atoms with Crippen molar-refractivity contribution in [2.45, 2.75) is 88.3 Å². The molecule has 4 heteroatoms. The van der Waals surface area contributed by atoms with Gasteiger partial charge in [-0.05, 0) is 122 Å². The summed E-state index contributed by atoms with van der Waals surface area (Å²) >= 11 is 0. The third kappa shape index (κ3) is 2.50. The van der Waals surface area contributed by atoms with Crippen molar-refractivity contribution in [2.75, 3.05) is 0 Å². The molecule has 0 unspecified atom stereocenters. The highest BCUT2D eigenvalue weighted by Gasteiger charge is 2.55. The number of rotatable bonds is 4. The van der Waals surface area contributed by atoms with Gasteiger partial charge >= 0.3 is 6.33 Å². The van der Waals surface area contributed by atoms with E-state index in [4.69, 9.17) is 9.68 Å². The fourth-order valence-electron chi connectivity index (χ4n) is 9.16. The Hall–Kier alpha value is -1.19. The van der Waals surface area contributed by atoms with Crippen LogP contribution in [0.4, 0.5) is 0 Å². The molecule has 0 aromatic carbocycles. The molecular weight excluding hydrogens is 336 g/mol. The summed E-state index contributed by atoms with van der Waals surface area (Å²) in [5, 5.41) is 0. The van der Waals surface area contributed by atoms with Crippen LogP contribution < -0.4 is 14.4 Å². The van der Waals surface area contributed by atoms with Crippen LogP contribution in [0.15, 0.2) is 18.7 Å². The molecule has 0 radical (unpaired) electrons. The maximum atomic E-state index is 6.63. The lowest BCUT2D eigenvalue weighted by molar-refractivity contribution is -0.910. The van der Waals surface area contributed by atoms with E-state index in [1.165, 1.54) is 77.0 Å². The summed E-state index contributed by atoms with van der Waals surface area (Å²) < 4.78 is 3.93. The minimum Gasteiger partial charge on any atom is -0.329 e. The van der Waals surface area contributed by atoms with E-state index in [0.717, 1.165) is 35.5 Å². The lowest BCUT2D eigenvalue weighted by atomic mass is 9.54. The second-order valence-electron chi connectivity index (χ2n) is 11.5. The Bertz CT molecular complexity index is 622. The molecular formula is C23H33N2O2+. The summed E-state index contributed by atoms with van der Waals surface area (Å²) in [7, 11) is 0. The lowest BCUT2D eigenvalue weighted by Gasteiger charge is -2.54. The van der Waals surface area contributed by atoms with Crippen molar-refractivity contribution in [3.05, 3.63) is 18.7 Å². The maximum absolute atomic E-state index is 6.63. The number of aromatic nitrogens is 2. The molecule has 8 fully saturated rings. The van der Waals surface area contributed by atoms with Crippen molar-refractivity contribution in [3.63, 3.8) is 0 Å². The van der Waals surface area contributed by atoms with E-state index in [1.54, 1.807) is 0 Å². The molecule has 0 atom stereocenters. The van der Waals surface area contributed by atoms with Crippen molar-refractivity contribution in [3.8, 4) is 0 Å². The van der Waals surface area contributed by atoms with Gasteiger partial charge in [-0.25, -0.2) is 0 Å². The second-order valence-corrected chi connectivity index (χ2v) is 11.5. The first kappa shape index (κ1) is 15.7. The maximum Gasteiger partial charge on any atom is 0.323 e. The molecule has 0 aliphatic heterocycles. The van der Waals surface area contributed by atoms with Gasteiger partial charge in [-0.2, -0.15) is 0 Å². The zero-order valence-corrected chi connectivity index (χ0v) is 16.4. The highest BCUT2D eigenvalue weighted by Crippen LogP contribution is 2.57. The average Bonchev–Trinajstić information content (AvgIpc) is 2.97. The van der Waals surface area contributed by atoms with Crippen LogP contribution in [0.3, 0.4) is 0 Å². The van der Waals surface area contributed by atoms with Crippen LogP contribution in [0.2, 0.25) is 0 Å². The van der Waals surface area contributed by atoms with Gasteiger partial charge in [0, 0.05) is 0 Å². The molecule has 0 saturated heterocycles. The topological polar surface area (TPSA) is 27.3 Å².